The number of benzene rings is 10. The molecule has 0 aliphatic carbocycles. The molecule has 0 aliphatic rings. The van der Waals surface area contributed by atoms with Crippen LogP contribution in [0.4, 0.5) is 0 Å². The van der Waals surface area contributed by atoms with E-state index in [1.807, 2.05) is 42.5 Å². The number of nitrogens with zero attached hydrogens (tertiary/aromatic N) is 3. The minimum Gasteiger partial charge on any atom is -0.456 e. The molecule has 0 bridgehead atoms. The molecule has 0 atom stereocenters. The van der Waals surface area contributed by atoms with E-state index in [0.717, 1.165) is 93.4 Å². The molecule has 3 aromatic heterocycles. The lowest BCUT2D eigenvalue weighted by Gasteiger charge is -2.14. The van der Waals surface area contributed by atoms with Crippen LogP contribution in [0.3, 0.4) is 0 Å². The van der Waals surface area contributed by atoms with Crippen molar-refractivity contribution < 1.29 is 8.83 Å². The molecule has 0 saturated carbocycles. The van der Waals surface area contributed by atoms with Gasteiger partial charge < -0.3 is 8.83 Å². The summed E-state index contributed by atoms with van der Waals surface area (Å²) in [4.78, 5) is 15.8. The van der Waals surface area contributed by atoms with Crippen molar-refractivity contribution in [2.45, 2.75) is 0 Å². The smallest absolute Gasteiger partial charge is 0.164 e. The van der Waals surface area contributed by atoms with Gasteiger partial charge in [0.05, 0.1) is 0 Å². The molecule has 5 heteroatoms. The molecule has 0 amide bonds. The predicted octanol–water partition coefficient (Wildman–Crippen LogP) is 15.5. The quantitative estimate of drug-likeness (QED) is 0.174. The monoisotopic (exact) mass is 791 g/mol. The first-order valence-corrected chi connectivity index (χ1v) is 20.8. The maximum atomic E-state index is 6.33. The van der Waals surface area contributed by atoms with E-state index >= 15 is 0 Å². The summed E-state index contributed by atoms with van der Waals surface area (Å²) in [5.74, 6) is 1.78. The highest BCUT2D eigenvalue weighted by atomic mass is 16.3. The van der Waals surface area contributed by atoms with E-state index < -0.39 is 0 Å². The number of fused-ring (bicyclic) bond motifs is 10. The van der Waals surface area contributed by atoms with Crippen LogP contribution in [0.2, 0.25) is 0 Å². The average Bonchev–Trinajstić information content (AvgIpc) is 3.92. The first-order chi connectivity index (χ1) is 30.7. The number of hydrogen-bond donors (Lipinski definition) is 0. The van der Waals surface area contributed by atoms with Crippen molar-refractivity contribution in [3.8, 4) is 56.4 Å². The van der Waals surface area contributed by atoms with E-state index in [2.05, 4.69) is 158 Å². The van der Waals surface area contributed by atoms with Gasteiger partial charge in [0, 0.05) is 38.2 Å². The highest BCUT2D eigenvalue weighted by Gasteiger charge is 2.20. The second kappa shape index (κ2) is 13.6. The molecular weight excluding hydrogens is 759 g/mol. The maximum Gasteiger partial charge on any atom is 0.164 e. The van der Waals surface area contributed by atoms with Gasteiger partial charge in [-0.05, 0) is 91.0 Å². The highest BCUT2D eigenvalue weighted by Crippen LogP contribution is 2.41. The van der Waals surface area contributed by atoms with Crippen molar-refractivity contribution in [3.63, 3.8) is 0 Å². The minimum absolute atomic E-state index is 0.583. The normalized spacial score (nSPS) is 11.9. The maximum absolute atomic E-state index is 6.33. The van der Waals surface area contributed by atoms with Gasteiger partial charge in [0.25, 0.3) is 0 Å². The van der Waals surface area contributed by atoms with E-state index in [9.17, 15) is 0 Å². The Bertz CT molecular complexity index is 3930. The van der Waals surface area contributed by atoms with Gasteiger partial charge in [-0.15, -0.1) is 0 Å². The minimum atomic E-state index is 0.583. The Balaban J connectivity index is 1.00. The van der Waals surface area contributed by atoms with Crippen LogP contribution in [-0.4, -0.2) is 15.0 Å². The highest BCUT2D eigenvalue weighted by molar-refractivity contribution is 6.20. The molecule has 10 aromatic carbocycles. The summed E-state index contributed by atoms with van der Waals surface area (Å²) in [7, 11) is 0. The summed E-state index contributed by atoms with van der Waals surface area (Å²) in [6.07, 6.45) is 0. The van der Waals surface area contributed by atoms with E-state index in [1.165, 1.54) is 21.7 Å². The van der Waals surface area contributed by atoms with Gasteiger partial charge in [0.1, 0.15) is 22.3 Å². The second-order valence-electron chi connectivity index (χ2n) is 15.9. The van der Waals surface area contributed by atoms with Gasteiger partial charge >= 0.3 is 0 Å². The molecule has 13 rings (SSSR count). The molecule has 5 nitrogen and oxygen atoms in total. The molecule has 0 unspecified atom stereocenters. The van der Waals surface area contributed by atoms with Crippen molar-refractivity contribution in [1.82, 2.24) is 15.0 Å². The Hall–Kier alpha value is -8.41. The van der Waals surface area contributed by atoms with Crippen molar-refractivity contribution in [3.05, 3.63) is 200 Å². The molecule has 3 heterocycles. The largest absolute Gasteiger partial charge is 0.456 e. The zero-order valence-corrected chi connectivity index (χ0v) is 33.2. The van der Waals surface area contributed by atoms with Gasteiger partial charge in [-0.25, -0.2) is 15.0 Å². The molecule has 0 saturated heterocycles. The number of hydrogen-bond acceptors (Lipinski definition) is 5. The fraction of sp³-hybridized carbons (Fsp3) is 0. The molecular formula is C57H33N3O2. The van der Waals surface area contributed by atoms with Crippen molar-refractivity contribution >= 4 is 76.2 Å². The van der Waals surface area contributed by atoms with Crippen molar-refractivity contribution in [1.29, 1.82) is 0 Å². The third-order valence-electron chi connectivity index (χ3n) is 12.4. The number of rotatable bonds is 5. The second-order valence-corrected chi connectivity index (χ2v) is 15.9. The van der Waals surface area contributed by atoms with Crippen LogP contribution in [0.25, 0.3) is 133 Å². The SMILES string of the molecule is c1ccc2c(-c3ccc(-c4nc(-c5ccc(-c6ccc7ccc8oc9ccccc9c8c7c6)c6ccccc56)nc(-c5cccc6oc7ccccc7c56)n4)cc3)cccc2c1. The standard InChI is InChI=1S/C57H33N3O2/c1-2-13-39-34(11-1)12-9-18-40(39)35-23-26-37(27-24-35)55-58-56(60-57(59-55)47-19-10-22-51-53(47)45-16-5-7-20-49(45)61-51)44-31-30-41(42-14-3-4-15-43(42)44)38-28-25-36-29-32-52-54(48(36)33-38)46-17-6-8-21-50(46)62-52/h1-33H. The third-order valence-corrected chi connectivity index (χ3v) is 12.4. The molecule has 288 valence electrons. The summed E-state index contributed by atoms with van der Waals surface area (Å²) < 4.78 is 12.6. The number of furan rings is 2. The fourth-order valence-corrected chi connectivity index (χ4v) is 9.44. The van der Waals surface area contributed by atoms with E-state index in [-0.39, 0.29) is 0 Å². The topological polar surface area (TPSA) is 65.0 Å². The van der Waals surface area contributed by atoms with Gasteiger partial charge in [-0.3, -0.25) is 0 Å². The summed E-state index contributed by atoms with van der Waals surface area (Å²) in [6.45, 7) is 0. The van der Waals surface area contributed by atoms with Crippen molar-refractivity contribution in [2.75, 3.05) is 0 Å². The lowest BCUT2D eigenvalue weighted by molar-refractivity contribution is 0.668. The van der Waals surface area contributed by atoms with Crippen molar-refractivity contribution in [2.24, 2.45) is 0 Å². The van der Waals surface area contributed by atoms with E-state index in [1.54, 1.807) is 0 Å². The molecule has 0 spiro atoms. The van der Waals surface area contributed by atoms with Crippen LogP contribution >= 0.6 is 0 Å². The molecule has 13 aromatic rings. The summed E-state index contributed by atoms with van der Waals surface area (Å²) in [5, 5.41) is 11.2. The van der Waals surface area contributed by atoms with Crippen LogP contribution < -0.4 is 0 Å². The first-order valence-electron chi connectivity index (χ1n) is 20.8. The third kappa shape index (κ3) is 5.38. The zero-order chi connectivity index (χ0) is 40.7. The van der Waals surface area contributed by atoms with Crippen LogP contribution in [0.1, 0.15) is 0 Å². The Kier molecular flexibility index (Phi) is 7.54. The zero-order valence-electron chi connectivity index (χ0n) is 33.2. The molecule has 0 radical (unpaired) electrons. The summed E-state index contributed by atoms with van der Waals surface area (Å²) in [6, 6.07) is 69.9. The summed E-state index contributed by atoms with van der Waals surface area (Å²) in [5.41, 5.74) is 10.7. The van der Waals surface area contributed by atoms with Gasteiger partial charge in [0.15, 0.2) is 17.5 Å². The number of aromatic nitrogens is 3. The Morgan fingerprint density at radius 1 is 0.258 bits per heavy atom. The summed E-state index contributed by atoms with van der Waals surface area (Å²) >= 11 is 0. The van der Waals surface area contributed by atoms with Crippen LogP contribution in [-0.2, 0) is 0 Å². The lowest BCUT2D eigenvalue weighted by atomic mass is 9.92. The first kappa shape index (κ1) is 34.5. The predicted molar refractivity (Wildman–Crippen MR) is 254 cm³/mol. The Morgan fingerprint density at radius 2 is 0.742 bits per heavy atom. The van der Waals surface area contributed by atoms with Crippen LogP contribution in [0, 0.1) is 0 Å². The molecule has 62 heavy (non-hydrogen) atoms. The Morgan fingerprint density at radius 3 is 1.53 bits per heavy atom. The fourth-order valence-electron chi connectivity index (χ4n) is 9.44. The number of para-hydroxylation sites is 2. The molecule has 0 N–H and O–H groups in total. The van der Waals surface area contributed by atoms with E-state index in [0.29, 0.717) is 17.5 Å². The average molecular weight is 792 g/mol. The van der Waals surface area contributed by atoms with Gasteiger partial charge in [-0.2, -0.15) is 0 Å². The Labute approximate surface area is 355 Å². The van der Waals surface area contributed by atoms with Crippen LogP contribution in [0.5, 0.6) is 0 Å². The molecule has 0 aliphatic heterocycles. The van der Waals surface area contributed by atoms with Gasteiger partial charge in [-0.1, -0.05) is 164 Å². The molecule has 0 fully saturated rings. The van der Waals surface area contributed by atoms with E-state index in [4.69, 9.17) is 23.8 Å². The lowest BCUT2D eigenvalue weighted by Crippen LogP contribution is -2.01. The van der Waals surface area contributed by atoms with Crippen LogP contribution in [0.15, 0.2) is 209 Å². The van der Waals surface area contributed by atoms with Gasteiger partial charge in [0.2, 0.25) is 0 Å².